The van der Waals surface area contributed by atoms with Crippen LogP contribution in [0.25, 0.3) is 0 Å². The number of nitrogens with one attached hydrogen (secondary N) is 1. The fourth-order valence-electron chi connectivity index (χ4n) is 4.21. The van der Waals surface area contributed by atoms with Crippen LogP contribution in [0.2, 0.25) is 0 Å². The number of ether oxygens (including phenoxy) is 1. The standard InChI is InChI=1S/C26H28N2O4S/c1-18-13-19(2)15-22(14-18)27-26(29)17-32-25-11-10-23(16-20(25)3)33(30,31)28-12-6-8-21-7-4-5-9-24(21)28/h4-5,7,9-11,13-16H,6,8,12,17H2,1-3H3,(H,27,29). The third-order valence-corrected chi connectivity index (χ3v) is 7.48. The molecule has 0 saturated heterocycles. The lowest BCUT2D eigenvalue weighted by Gasteiger charge is -2.30. The van der Waals surface area contributed by atoms with Crippen molar-refractivity contribution in [1.29, 1.82) is 0 Å². The van der Waals surface area contributed by atoms with Crippen LogP contribution >= 0.6 is 0 Å². The van der Waals surface area contributed by atoms with E-state index in [0.717, 1.165) is 40.9 Å². The van der Waals surface area contributed by atoms with Gasteiger partial charge in [0, 0.05) is 12.2 Å². The van der Waals surface area contributed by atoms with Gasteiger partial charge in [0.2, 0.25) is 0 Å². The summed E-state index contributed by atoms with van der Waals surface area (Å²) in [6.07, 6.45) is 1.66. The van der Waals surface area contributed by atoms with Crippen LogP contribution in [0.5, 0.6) is 5.75 Å². The summed E-state index contributed by atoms with van der Waals surface area (Å²) >= 11 is 0. The maximum absolute atomic E-state index is 13.4. The van der Waals surface area contributed by atoms with Crippen molar-refractivity contribution in [3.63, 3.8) is 0 Å². The number of nitrogens with zero attached hydrogens (tertiary/aromatic N) is 1. The van der Waals surface area contributed by atoms with Crippen LogP contribution in [0, 0.1) is 20.8 Å². The summed E-state index contributed by atoms with van der Waals surface area (Å²) in [6, 6.07) is 18.2. The van der Waals surface area contributed by atoms with Crippen molar-refractivity contribution in [3.8, 4) is 5.75 Å². The minimum Gasteiger partial charge on any atom is -0.483 e. The van der Waals surface area contributed by atoms with Crippen LogP contribution in [0.4, 0.5) is 11.4 Å². The molecule has 0 unspecified atom stereocenters. The fraction of sp³-hybridized carbons (Fsp3) is 0.269. The zero-order chi connectivity index (χ0) is 23.6. The Morgan fingerprint density at radius 3 is 2.45 bits per heavy atom. The normalized spacial score (nSPS) is 13.4. The summed E-state index contributed by atoms with van der Waals surface area (Å²) in [7, 11) is -3.70. The molecule has 33 heavy (non-hydrogen) atoms. The van der Waals surface area contributed by atoms with Crippen molar-refractivity contribution >= 4 is 27.3 Å². The van der Waals surface area contributed by atoms with E-state index in [-0.39, 0.29) is 17.4 Å². The molecule has 0 radical (unpaired) electrons. The lowest BCUT2D eigenvalue weighted by molar-refractivity contribution is -0.118. The van der Waals surface area contributed by atoms with Crippen LogP contribution in [0.15, 0.2) is 65.6 Å². The molecule has 0 spiro atoms. The minimum absolute atomic E-state index is 0.167. The molecule has 6 nitrogen and oxygen atoms in total. The largest absolute Gasteiger partial charge is 0.483 e. The molecule has 0 atom stereocenters. The van der Waals surface area contributed by atoms with Gasteiger partial charge < -0.3 is 10.1 Å². The highest BCUT2D eigenvalue weighted by Gasteiger charge is 2.29. The molecule has 7 heteroatoms. The van der Waals surface area contributed by atoms with E-state index in [1.807, 2.05) is 56.3 Å². The monoisotopic (exact) mass is 464 g/mol. The number of carbonyl (C=O) groups is 1. The Labute approximate surface area is 195 Å². The highest BCUT2D eigenvalue weighted by Crippen LogP contribution is 2.33. The maximum Gasteiger partial charge on any atom is 0.264 e. The number of sulfonamides is 1. The van der Waals surface area contributed by atoms with Gasteiger partial charge in [0.05, 0.1) is 10.6 Å². The Morgan fingerprint density at radius 2 is 1.73 bits per heavy atom. The van der Waals surface area contributed by atoms with E-state index < -0.39 is 10.0 Å². The Balaban J connectivity index is 1.46. The van der Waals surface area contributed by atoms with Gasteiger partial charge >= 0.3 is 0 Å². The first-order chi connectivity index (χ1) is 15.7. The SMILES string of the molecule is Cc1cc(C)cc(NC(=O)COc2ccc(S(=O)(=O)N3CCCc4ccccc43)cc2C)c1. The number of hydrogen-bond acceptors (Lipinski definition) is 4. The Kier molecular flexibility index (Phi) is 6.42. The number of rotatable bonds is 6. The van der Waals surface area contributed by atoms with Crippen LogP contribution in [0.1, 0.15) is 28.7 Å². The first-order valence-corrected chi connectivity index (χ1v) is 12.4. The van der Waals surface area contributed by atoms with Gasteiger partial charge in [-0.1, -0.05) is 24.3 Å². The number of amides is 1. The number of carbonyl (C=O) groups excluding carboxylic acids is 1. The Morgan fingerprint density at radius 1 is 1.00 bits per heavy atom. The average molecular weight is 465 g/mol. The summed E-state index contributed by atoms with van der Waals surface area (Å²) < 4.78 is 33.9. The second-order valence-corrected chi connectivity index (χ2v) is 10.3. The lowest BCUT2D eigenvalue weighted by Crippen LogP contribution is -2.35. The van der Waals surface area contributed by atoms with Crippen molar-refractivity contribution in [2.45, 2.75) is 38.5 Å². The fourth-order valence-corrected chi connectivity index (χ4v) is 5.83. The van der Waals surface area contributed by atoms with Crippen LogP contribution in [0.3, 0.4) is 0 Å². The summed E-state index contributed by atoms with van der Waals surface area (Å²) in [4.78, 5) is 12.5. The molecule has 1 amide bonds. The highest BCUT2D eigenvalue weighted by molar-refractivity contribution is 7.92. The molecule has 0 aliphatic carbocycles. The van der Waals surface area contributed by atoms with Crippen LogP contribution < -0.4 is 14.4 Å². The lowest BCUT2D eigenvalue weighted by atomic mass is 10.0. The van der Waals surface area contributed by atoms with Gasteiger partial charge in [-0.3, -0.25) is 9.10 Å². The number of aryl methyl sites for hydroxylation is 4. The van der Waals surface area contributed by atoms with E-state index in [4.69, 9.17) is 4.74 Å². The van der Waals surface area contributed by atoms with Gasteiger partial charge in [0.25, 0.3) is 15.9 Å². The Bertz CT molecular complexity index is 1280. The number of fused-ring (bicyclic) bond motifs is 1. The molecule has 0 aromatic heterocycles. The minimum atomic E-state index is -3.70. The number of anilines is 2. The van der Waals surface area contributed by atoms with Crippen LogP contribution in [-0.2, 0) is 21.2 Å². The van der Waals surface area contributed by atoms with E-state index in [2.05, 4.69) is 5.32 Å². The smallest absolute Gasteiger partial charge is 0.264 e. The van der Waals surface area contributed by atoms with E-state index in [9.17, 15) is 13.2 Å². The summed E-state index contributed by atoms with van der Waals surface area (Å²) in [5.41, 5.74) is 5.29. The van der Waals surface area contributed by atoms with E-state index >= 15 is 0 Å². The van der Waals surface area contributed by atoms with Crippen molar-refractivity contribution in [1.82, 2.24) is 0 Å². The van der Waals surface area contributed by atoms with Crippen LogP contribution in [-0.4, -0.2) is 27.5 Å². The predicted molar refractivity (Wildman–Crippen MR) is 131 cm³/mol. The summed E-state index contributed by atoms with van der Waals surface area (Å²) in [5, 5.41) is 2.83. The van der Waals surface area contributed by atoms with Gasteiger partial charge in [0.15, 0.2) is 6.61 Å². The summed E-state index contributed by atoms with van der Waals surface area (Å²) in [5.74, 6) is 0.199. The first kappa shape index (κ1) is 22.9. The second-order valence-electron chi connectivity index (χ2n) is 8.45. The molecule has 0 saturated carbocycles. The van der Waals surface area contributed by atoms with Crippen molar-refractivity contribution < 1.29 is 17.9 Å². The molecule has 1 heterocycles. The van der Waals surface area contributed by atoms with E-state index in [0.29, 0.717) is 17.9 Å². The van der Waals surface area contributed by atoms with Gasteiger partial charge in [-0.25, -0.2) is 8.42 Å². The van der Waals surface area contributed by atoms with E-state index in [1.54, 1.807) is 19.1 Å². The molecule has 0 bridgehead atoms. The maximum atomic E-state index is 13.4. The molecule has 1 N–H and O–H groups in total. The van der Waals surface area contributed by atoms with E-state index in [1.165, 1.54) is 10.4 Å². The average Bonchev–Trinajstić information content (AvgIpc) is 2.77. The van der Waals surface area contributed by atoms with Crippen molar-refractivity contribution in [2.24, 2.45) is 0 Å². The highest BCUT2D eigenvalue weighted by atomic mass is 32.2. The number of hydrogen-bond donors (Lipinski definition) is 1. The molecule has 4 rings (SSSR count). The zero-order valence-corrected chi connectivity index (χ0v) is 19.9. The zero-order valence-electron chi connectivity index (χ0n) is 19.1. The predicted octanol–water partition coefficient (Wildman–Crippen LogP) is 4.77. The third kappa shape index (κ3) is 5.03. The van der Waals surface area contributed by atoms with Gasteiger partial charge in [0.1, 0.15) is 5.75 Å². The topological polar surface area (TPSA) is 75.7 Å². The summed E-state index contributed by atoms with van der Waals surface area (Å²) in [6.45, 7) is 6.01. The molecular formula is C26H28N2O4S. The molecular weight excluding hydrogens is 436 g/mol. The molecule has 1 aliphatic heterocycles. The number of para-hydroxylation sites is 1. The van der Waals surface area contributed by atoms with Crippen molar-refractivity contribution in [2.75, 3.05) is 22.8 Å². The van der Waals surface area contributed by atoms with Gasteiger partial charge in [-0.2, -0.15) is 0 Å². The quantitative estimate of drug-likeness (QED) is 0.570. The number of benzene rings is 3. The molecule has 1 aliphatic rings. The second kappa shape index (κ2) is 9.27. The first-order valence-electron chi connectivity index (χ1n) is 11.0. The molecule has 172 valence electrons. The van der Waals surface area contributed by atoms with Crippen molar-refractivity contribution in [3.05, 3.63) is 82.9 Å². The third-order valence-electron chi connectivity index (χ3n) is 5.67. The van der Waals surface area contributed by atoms with Gasteiger partial charge in [-0.15, -0.1) is 0 Å². The molecule has 3 aromatic rings. The Hall–Kier alpha value is -3.32. The molecule has 3 aromatic carbocycles. The van der Waals surface area contributed by atoms with Gasteiger partial charge in [-0.05, 0) is 92.3 Å². The molecule has 0 fully saturated rings.